The molecule has 4 heteroatoms. The minimum absolute atomic E-state index is 0.548. The number of ether oxygens (including phenoxy) is 1. The van der Waals surface area contributed by atoms with E-state index >= 15 is 0 Å². The van der Waals surface area contributed by atoms with Crippen molar-refractivity contribution in [1.82, 2.24) is 4.98 Å². The molecule has 0 amide bonds. The molecule has 0 fully saturated rings. The first kappa shape index (κ1) is 7.88. The quantitative estimate of drug-likeness (QED) is 0.732. The van der Waals surface area contributed by atoms with Crippen LogP contribution in [0.25, 0.3) is 0 Å². The molecule has 0 unspecified atom stereocenters. The Hall–Kier alpha value is -0.220. The van der Waals surface area contributed by atoms with Crippen LogP contribution >= 0.6 is 28.6 Å². The van der Waals surface area contributed by atoms with Crippen molar-refractivity contribution in [1.29, 1.82) is 0 Å². The van der Waals surface area contributed by atoms with Gasteiger partial charge in [-0.05, 0) is 22.0 Å². The summed E-state index contributed by atoms with van der Waals surface area (Å²) in [4.78, 5) is 4.68. The molecule has 0 aliphatic heterocycles. The minimum atomic E-state index is 0.548. The Morgan fingerprint density at radius 2 is 2.40 bits per heavy atom. The summed E-state index contributed by atoms with van der Waals surface area (Å²) in [6.07, 6.45) is 1.67. The smallest absolute Gasteiger partial charge is 0.226 e. The molecule has 0 spiro atoms. The fourth-order valence-corrected chi connectivity index (χ4v) is 1.37. The van der Waals surface area contributed by atoms with E-state index in [1.54, 1.807) is 13.3 Å². The molecule has 0 bridgehead atoms. The first-order valence-corrected chi connectivity index (χ1v) is 3.86. The van der Waals surface area contributed by atoms with Crippen LogP contribution in [-0.2, 0) is 0 Å². The van der Waals surface area contributed by atoms with E-state index < -0.39 is 0 Å². The second kappa shape index (κ2) is 3.25. The summed E-state index contributed by atoms with van der Waals surface area (Å²) >= 11 is 7.39. The van der Waals surface area contributed by atoms with E-state index in [9.17, 15) is 0 Å². The van der Waals surface area contributed by atoms with Crippen LogP contribution in [0.3, 0.4) is 0 Å². The Balaban J connectivity index is 3.07. The minimum Gasteiger partial charge on any atom is -0.480 e. The van der Waals surface area contributed by atoms with E-state index in [0.717, 1.165) is 9.37 Å². The normalized spacial score (nSPS) is 9.50. The Morgan fingerprint density at radius 1 is 1.70 bits per heavy atom. The van der Waals surface area contributed by atoms with Gasteiger partial charge < -0.3 is 4.74 Å². The molecule has 0 aliphatic rings. The van der Waals surface area contributed by atoms with Crippen molar-refractivity contribution in [3.8, 4) is 5.88 Å². The number of methoxy groups -OCH3 is 1. The molecular formula is C6H6BrNOS. The molecule has 1 aromatic rings. The molecule has 10 heavy (non-hydrogen) atoms. The van der Waals surface area contributed by atoms with Crippen molar-refractivity contribution >= 4 is 28.6 Å². The van der Waals surface area contributed by atoms with Crippen molar-refractivity contribution in [3.63, 3.8) is 0 Å². The Bertz CT molecular complexity index is 241. The number of thiol groups is 1. The lowest BCUT2D eigenvalue weighted by Gasteiger charge is -2.00. The lowest BCUT2D eigenvalue weighted by molar-refractivity contribution is 0.387. The average molecular weight is 220 g/mol. The Kier molecular flexibility index (Phi) is 2.56. The van der Waals surface area contributed by atoms with Gasteiger partial charge in [-0.1, -0.05) is 0 Å². The molecule has 0 aromatic carbocycles. The second-order valence-corrected chi connectivity index (χ2v) is 3.08. The van der Waals surface area contributed by atoms with Gasteiger partial charge in [-0.3, -0.25) is 0 Å². The lowest BCUT2D eigenvalue weighted by Crippen LogP contribution is -1.87. The standard InChI is InChI=1S/C6H6BrNOS/c1-9-6-5(10)2-4(7)3-8-6/h2-3,10H,1H3. The monoisotopic (exact) mass is 219 g/mol. The summed E-state index contributed by atoms with van der Waals surface area (Å²) in [5.41, 5.74) is 0. The zero-order valence-electron chi connectivity index (χ0n) is 5.34. The Labute approximate surface area is 73.2 Å². The van der Waals surface area contributed by atoms with Gasteiger partial charge in [-0.25, -0.2) is 4.98 Å². The number of halogens is 1. The first-order chi connectivity index (χ1) is 4.74. The maximum atomic E-state index is 4.89. The van der Waals surface area contributed by atoms with Crippen molar-refractivity contribution < 1.29 is 4.74 Å². The molecule has 54 valence electrons. The van der Waals surface area contributed by atoms with Crippen LogP contribution in [-0.4, -0.2) is 12.1 Å². The lowest BCUT2D eigenvalue weighted by atomic mass is 10.5. The van der Waals surface area contributed by atoms with Crippen molar-refractivity contribution in [2.45, 2.75) is 4.90 Å². The predicted molar refractivity (Wildman–Crippen MR) is 45.7 cm³/mol. The molecular weight excluding hydrogens is 214 g/mol. The van der Waals surface area contributed by atoms with Crippen LogP contribution in [0.5, 0.6) is 5.88 Å². The third-order valence-corrected chi connectivity index (χ3v) is 1.75. The van der Waals surface area contributed by atoms with Crippen LogP contribution < -0.4 is 4.74 Å². The van der Waals surface area contributed by atoms with Gasteiger partial charge in [0.1, 0.15) is 0 Å². The Morgan fingerprint density at radius 3 is 2.90 bits per heavy atom. The highest BCUT2D eigenvalue weighted by atomic mass is 79.9. The molecule has 0 saturated heterocycles. The number of rotatable bonds is 1. The molecule has 1 rings (SSSR count). The van der Waals surface area contributed by atoms with Crippen molar-refractivity contribution in [3.05, 3.63) is 16.7 Å². The van der Waals surface area contributed by atoms with Crippen molar-refractivity contribution in [2.24, 2.45) is 0 Å². The van der Waals surface area contributed by atoms with Crippen LogP contribution in [0.2, 0.25) is 0 Å². The third kappa shape index (κ3) is 1.64. The molecule has 0 atom stereocenters. The number of pyridine rings is 1. The highest BCUT2D eigenvalue weighted by Crippen LogP contribution is 2.22. The fraction of sp³-hybridized carbons (Fsp3) is 0.167. The zero-order valence-corrected chi connectivity index (χ0v) is 7.82. The fourth-order valence-electron chi connectivity index (χ4n) is 0.573. The van der Waals surface area contributed by atoms with E-state index in [1.807, 2.05) is 6.07 Å². The number of aromatic nitrogens is 1. The zero-order chi connectivity index (χ0) is 7.56. The number of nitrogens with zero attached hydrogens (tertiary/aromatic N) is 1. The van der Waals surface area contributed by atoms with E-state index in [2.05, 4.69) is 33.5 Å². The van der Waals surface area contributed by atoms with Gasteiger partial charge >= 0.3 is 0 Å². The molecule has 1 heterocycles. The van der Waals surface area contributed by atoms with Gasteiger partial charge in [-0.2, -0.15) is 0 Å². The predicted octanol–water partition coefficient (Wildman–Crippen LogP) is 2.14. The molecule has 1 aromatic heterocycles. The van der Waals surface area contributed by atoms with Crippen LogP contribution in [0.4, 0.5) is 0 Å². The molecule has 0 N–H and O–H groups in total. The van der Waals surface area contributed by atoms with Crippen molar-refractivity contribution in [2.75, 3.05) is 7.11 Å². The maximum Gasteiger partial charge on any atom is 0.226 e. The van der Waals surface area contributed by atoms with E-state index in [1.165, 1.54) is 0 Å². The van der Waals surface area contributed by atoms with Gasteiger partial charge in [0.25, 0.3) is 0 Å². The summed E-state index contributed by atoms with van der Waals surface area (Å²) < 4.78 is 5.79. The molecule has 0 radical (unpaired) electrons. The molecule has 0 saturated carbocycles. The van der Waals surface area contributed by atoms with Gasteiger partial charge in [-0.15, -0.1) is 12.6 Å². The highest BCUT2D eigenvalue weighted by molar-refractivity contribution is 9.10. The largest absolute Gasteiger partial charge is 0.480 e. The number of hydrogen-bond acceptors (Lipinski definition) is 3. The highest BCUT2D eigenvalue weighted by Gasteiger charge is 1.98. The van der Waals surface area contributed by atoms with Gasteiger partial charge in [0.2, 0.25) is 5.88 Å². The van der Waals surface area contributed by atoms with E-state index in [-0.39, 0.29) is 0 Å². The third-order valence-electron chi connectivity index (χ3n) is 0.992. The topological polar surface area (TPSA) is 22.1 Å². The SMILES string of the molecule is COc1ncc(Br)cc1S. The van der Waals surface area contributed by atoms with Gasteiger partial charge in [0.15, 0.2) is 0 Å². The summed E-state index contributed by atoms with van der Waals surface area (Å²) in [6.45, 7) is 0. The maximum absolute atomic E-state index is 4.89. The van der Waals surface area contributed by atoms with Crippen LogP contribution in [0, 0.1) is 0 Å². The second-order valence-electron chi connectivity index (χ2n) is 1.68. The van der Waals surface area contributed by atoms with Crippen LogP contribution in [0.1, 0.15) is 0 Å². The summed E-state index contributed by atoms with van der Waals surface area (Å²) in [5.74, 6) is 0.548. The molecule has 2 nitrogen and oxygen atoms in total. The molecule has 0 aliphatic carbocycles. The number of hydrogen-bond donors (Lipinski definition) is 1. The summed E-state index contributed by atoms with van der Waals surface area (Å²) in [6, 6.07) is 1.83. The van der Waals surface area contributed by atoms with Gasteiger partial charge in [0.05, 0.1) is 12.0 Å². The first-order valence-electron chi connectivity index (χ1n) is 2.62. The van der Waals surface area contributed by atoms with E-state index in [4.69, 9.17) is 4.74 Å². The summed E-state index contributed by atoms with van der Waals surface area (Å²) in [5, 5.41) is 0. The summed E-state index contributed by atoms with van der Waals surface area (Å²) in [7, 11) is 1.57. The van der Waals surface area contributed by atoms with Crippen LogP contribution in [0.15, 0.2) is 21.6 Å². The average Bonchev–Trinajstić information content (AvgIpc) is 1.88. The van der Waals surface area contributed by atoms with E-state index in [0.29, 0.717) is 5.88 Å². The van der Waals surface area contributed by atoms with Gasteiger partial charge in [0, 0.05) is 10.7 Å².